The summed E-state index contributed by atoms with van der Waals surface area (Å²) in [5.74, 6) is -1.85. The van der Waals surface area contributed by atoms with E-state index in [1.165, 1.54) is 39.2 Å². The van der Waals surface area contributed by atoms with Gasteiger partial charge in [0.25, 0.3) is 0 Å². The van der Waals surface area contributed by atoms with Gasteiger partial charge >= 0.3 is 23.6 Å². The fourth-order valence-corrected chi connectivity index (χ4v) is 2.48. The van der Waals surface area contributed by atoms with E-state index < -0.39 is 48.1 Å². The van der Waals surface area contributed by atoms with Crippen LogP contribution >= 0.6 is 0 Å². The fourth-order valence-electron chi connectivity index (χ4n) is 2.48. The average Bonchev–Trinajstić information content (AvgIpc) is 2.82. The molecule has 136 valence electrons. The van der Waals surface area contributed by atoms with Crippen molar-refractivity contribution >= 4 is 17.9 Å². The Hall–Kier alpha value is -2.75. The van der Waals surface area contributed by atoms with Crippen LogP contribution in [0.3, 0.4) is 0 Å². The summed E-state index contributed by atoms with van der Waals surface area (Å²) in [7, 11) is 0. The first-order chi connectivity index (χ1) is 11.8. The SMILES string of the molecule is CC(=O)OC[C@@H]1O[C@@H](n2cccnc2=O)[C@@H](OC(C)=O)[C@H]1OC(C)=O. The van der Waals surface area contributed by atoms with Crippen molar-refractivity contribution in [3.05, 3.63) is 28.9 Å². The van der Waals surface area contributed by atoms with Crippen molar-refractivity contribution in [3.63, 3.8) is 0 Å². The Labute approximate surface area is 142 Å². The van der Waals surface area contributed by atoms with E-state index in [-0.39, 0.29) is 6.61 Å². The monoisotopic (exact) mass is 354 g/mol. The minimum absolute atomic E-state index is 0.240. The Morgan fingerprint density at radius 1 is 1.12 bits per heavy atom. The van der Waals surface area contributed by atoms with Crippen molar-refractivity contribution in [3.8, 4) is 0 Å². The van der Waals surface area contributed by atoms with E-state index >= 15 is 0 Å². The second-order valence-corrected chi connectivity index (χ2v) is 5.33. The normalized spacial score (nSPS) is 25.2. The van der Waals surface area contributed by atoms with Crippen LogP contribution in [0, 0.1) is 0 Å². The molecule has 0 aliphatic carbocycles. The summed E-state index contributed by atoms with van der Waals surface area (Å²) in [4.78, 5) is 49.5. The molecular formula is C15H18N2O8. The Balaban J connectivity index is 2.37. The van der Waals surface area contributed by atoms with Crippen LogP contribution in [0.4, 0.5) is 0 Å². The van der Waals surface area contributed by atoms with E-state index in [4.69, 9.17) is 18.9 Å². The first kappa shape index (κ1) is 18.6. The Kier molecular flexibility index (Phi) is 5.86. The largest absolute Gasteiger partial charge is 0.463 e. The topological polar surface area (TPSA) is 123 Å². The summed E-state index contributed by atoms with van der Waals surface area (Å²) in [5, 5.41) is 0. The first-order valence-corrected chi connectivity index (χ1v) is 7.46. The average molecular weight is 354 g/mol. The lowest BCUT2D eigenvalue weighted by molar-refractivity contribution is -0.166. The van der Waals surface area contributed by atoms with Crippen LogP contribution in [0.15, 0.2) is 23.3 Å². The van der Waals surface area contributed by atoms with Gasteiger partial charge in [-0.05, 0) is 6.07 Å². The number of rotatable bonds is 5. The van der Waals surface area contributed by atoms with Gasteiger partial charge in [0, 0.05) is 33.2 Å². The van der Waals surface area contributed by atoms with Crippen molar-refractivity contribution < 1.29 is 33.3 Å². The van der Waals surface area contributed by atoms with Gasteiger partial charge in [-0.15, -0.1) is 0 Å². The molecule has 0 aromatic carbocycles. The number of esters is 3. The van der Waals surface area contributed by atoms with Crippen molar-refractivity contribution in [2.75, 3.05) is 6.61 Å². The van der Waals surface area contributed by atoms with Gasteiger partial charge in [-0.2, -0.15) is 0 Å². The van der Waals surface area contributed by atoms with Gasteiger partial charge < -0.3 is 18.9 Å². The highest BCUT2D eigenvalue weighted by atomic mass is 16.7. The Bertz CT molecular complexity index is 715. The van der Waals surface area contributed by atoms with Crippen LogP contribution < -0.4 is 5.69 Å². The van der Waals surface area contributed by atoms with Crippen LogP contribution in [0.25, 0.3) is 0 Å². The maximum Gasteiger partial charge on any atom is 0.349 e. The number of nitrogens with zero attached hydrogens (tertiary/aromatic N) is 2. The quantitative estimate of drug-likeness (QED) is 0.511. The van der Waals surface area contributed by atoms with E-state index in [0.29, 0.717) is 0 Å². The van der Waals surface area contributed by atoms with E-state index in [9.17, 15) is 19.2 Å². The summed E-state index contributed by atoms with van der Waals surface area (Å²) in [6.07, 6.45) is -1.48. The standard InChI is InChI=1S/C15H18N2O8/c1-8(18)22-7-11-12(23-9(2)19)13(24-10(3)20)14(25-11)17-6-4-5-16-15(17)21/h4-6,11-14H,7H2,1-3H3/t11-,12-,13-,14+/m0/s1. The van der Waals surface area contributed by atoms with Gasteiger partial charge in [-0.25, -0.2) is 9.78 Å². The highest BCUT2D eigenvalue weighted by molar-refractivity contribution is 5.67. The molecule has 0 N–H and O–H groups in total. The lowest BCUT2D eigenvalue weighted by atomic mass is 10.1. The van der Waals surface area contributed by atoms with Gasteiger partial charge in [-0.3, -0.25) is 19.0 Å². The number of ether oxygens (including phenoxy) is 4. The van der Waals surface area contributed by atoms with Crippen LogP contribution in [0.2, 0.25) is 0 Å². The summed E-state index contributed by atoms with van der Waals surface area (Å²) < 4.78 is 22.1. The molecule has 0 saturated carbocycles. The molecule has 1 aromatic rings. The van der Waals surface area contributed by atoms with E-state index in [2.05, 4.69) is 4.98 Å². The number of carbonyl (C=O) groups excluding carboxylic acids is 3. The molecule has 4 atom stereocenters. The smallest absolute Gasteiger partial charge is 0.349 e. The second-order valence-electron chi connectivity index (χ2n) is 5.33. The highest BCUT2D eigenvalue weighted by Crippen LogP contribution is 2.33. The first-order valence-electron chi connectivity index (χ1n) is 7.46. The molecule has 2 rings (SSSR count). The fraction of sp³-hybridized carbons (Fsp3) is 0.533. The van der Waals surface area contributed by atoms with Crippen molar-refractivity contribution in [1.29, 1.82) is 0 Å². The molecule has 0 spiro atoms. The minimum atomic E-state index is -1.11. The minimum Gasteiger partial charge on any atom is -0.463 e. The maximum absolute atomic E-state index is 12.0. The zero-order chi connectivity index (χ0) is 18.6. The number of aromatic nitrogens is 2. The number of hydrogen-bond acceptors (Lipinski definition) is 9. The van der Waals surface area contributed by atoms with Crippen molar-refractivity contribution in [1.82, 2.24) is 9.55 Å². The van der Waals surface area contributed by atoms with Gasteiger partial charge in [-0.1, -0.05) is 0 Å². The lowest BCUT2D eigenvalue weighted by Gasteiger charge is -2.23. The molecule has 0 unspecified atom stereocenters. The molecule has 0 amide bonds. The summed E-state index contributed by atoms with van der Waals surface area (Å²) in [5.41, 5.74) is -0.639. The van der Waals surface area contributed by atoms with Gasteiger partial charge in [0.15, 0.2) is 18.4 Å². The Morgan fingerprint density at radius 2 is 1.76 bits per heavy atom. The summed E-state index contributed by atoms with van der Waals surface area (Å²) >= 11 is 0. The third-order valence-electron chi connectivity index (χ3n) is 3.35. The van der Waals surface area contributed by atoms with Gasteiger partial charge in [0.1, 0.15) is 12.7 Å². The van der Waals surface area contributed by atoms with Crippen molar-refractivity contribution in [2.24, 2.45) is 0 Å². The molecule has 1 aliphatic rings. The second kappa shape index (κ2) is 7.88. The molecule has 25 heavy (non-hydrogen) atoms. The molecule has 1 aliphatic heterocycles. The summed E-state index contributed by atoms with van der Waals surface area (Å²) in [6, 6.07) is 1.50. The van der Waals surface area contributed by atoms with Gasteiger partial charge in [0.05, 0.1) is 0 Å². The molecule has 1 saturated heterocycles. The van der Waals surface area contributed by atoms with Crippen LogP contribution in [-0.4, -0.2) is 52.4 Å². The third kappa shape index (κ3) is 4.63. The lowest BCUT2D eigenvalue weighted by Crippen LogP contribution is -2.41. The number of hydrogen-bond donors (Lipinski definition) is 0. The molecule has 0 bridgehead atoms. The van der Waals surface area contributed by atoms with E-state index in [0.717, 1.165) is 4.57 Å². The molecule has 10 heteroatoms. The zero-order valence-electron chi connectivity index (χ0n) is 13.9. The maximum atomic E-state index is 12.0. The molecular weight excluding hydrogens is 336 g/mol. The van der Waals surface area contributed by atoms with Crippen LogP contribution in [0.1, 0.15) is 27.0 Å². The zero-order valence-corrected chi connectivity index (χ0v) is 13.9. The third-order valence-corrected chi connectivity index (χ3v) is 3.35. The molecule has 1 aromatic heterocycles. The molecule has 2 heterocycles. The summed E-state index contributed by atoms with van der Waals surface area (Å²) in [6.45, 7) is 3.32. The number of carbonyl (C=O) groups is 3. The van der Waals surface area contributed by atoms with Crippen LogP contribution in [-0.2, 0) is 33.3 Å². The van der Waals surface area contributed by atoms with Crippen LogP contribution in [0.5, 0.6) is 0 Å². The highest BCUT2D eigenvalue weighted by Gasteiger charge is 2.50. The molecule has 1 fully saturated rings. The van der Waals surface area contributed by atoms with Gasteiger partial charge in [0.2, 0.25) is 0 Å². The predicted molar refractivity (Wildman–Crippen MR) is 80.1 cm³/mol. The molecule has 0 radical (unpaired) electrons. The van der Waals surface area contributed by atoms with E-state index in [1.807, 2.05) is 0 Å². The molecule has 10 nitrogen and oxygen atoms in total. The van der Waals surface area contributed by atoms with E-state index in [1.54, 1.807) is 0 Å². The Morgan fingerprint density at radius 3 is 2.32 bits per heavy atom. The predicted octanol–water partition coefficient (Wildman–Crippen LogP) is -0.433. The van der Waals surface area contributed by atoms with Crippen molar-refractivity contribution in [2.45, 2.75) is 45.3 Å².